The lowest BCUT2D eigenvalue weighted by atomic mass is 10.1. The average molecular weight is 373 g/mol. The van der Waals surface area contributed by atoms with Crippen molar-refractivity contribution in [3.8, 4) is 5.75 Å². The summed E-state index contributed by atoms with van der Waals surface area (Å²) in [7, 11) is 0. The van der Waals surface area contributed by atoms with Crippen molar-refractivity contribution >= 4 is 6.03 Å². The Balaban J connectivity index is 1.15. The maximum atomic E-state index is 12.5. The Morgan fingerprint density at radius 3 is 2.70 bits per heavy atom. The summed E-state index contributed by atoms with van der Waals surface area (Å²) in [5, 5.41) is 3.18. The predicted octanol–water partition coefficient (Wildman–Crippen LogP) is 2.90. The van der Waals surface area contributed by atoms with Crippen molar-refractivity contribution in [1.29, 1.82) is 0 Å². The van der Waals surface area contributed by atoms with Crippen LogP contribution in [0.2, 0.25) is 0 Å². The van der Waals surface area contributed by atoms with E-state index in [4.69, 9.17) is 4.74 Å². The number of urea groups is 1. The van der Waals surface area contributed by atoms with Crippen molar-refractivity contribution in [2.24, 2.45) is 5.92 Å². The summed E-state index contributed by atoms with van der Waals surface area (Å²) in [6, 6.07) is 4.72. The molecule has 6 nitrogen and oxygen atoms in total. The molecule has 0 spiro atoms. The van der Waals surface area contributed by atoms with Gasteiger partial charge in [0.1, 0.15) is 11.9 Å². The van der Waals surface area contributed by atoms with Crippen LogP contribution in [0, 0.1) is 5.92 Å². The normalized spacial score (nSPS) is 25.0. The molecule has 0 radical (unpaired) electrons. The fourth-order valence-electron chi connectivity index (χ4n) is 4.76. The monoisotopic (exact) mass is 372 g/mol. The molecule has 2 aliphatic heterocycles. The number of amides is 2. The van der Waals surface area contributed by atoms with Crippen LogP contribution in [0.5, 0.6) is 5.75 Å². The SMILES string of the molecule is O=C(NC[C@H]1CCN(C2CCCC2)C1)N1CCC(Oc2cccnc2)CC1. The van der Waals surface area contributed by atoms with Gasteiger partial charge in [0.15, 0.2) is 0 Å². The molecular formula is C21H32N4O2. The molecule has 1 saturated carbocycles. The van der Waals surface area contributed by atoms with Crippen molar-refractivity contribution in [3.05, 3.63) is 24.5 Å². The quantitative estimate of drug-likeness (QED) is 0.863. The van der Waals surface area contributed by atoms with Gasteiger partial charge in [-0.05, 0) is 43.9 Å². The van der Waals surface area contributed by atoms with Crippen LogP contribution >= 0.6 is 0 Å². The summed E-state index contributed by atoms with van der Waals surface area (Å²) in [6.45, 7) is 4.70. The first kappa shape index (κ1) is 18.5. The topological polar surface area (TPSA) is 57.7 Å². The number of hydrogen-bond donors (Lipinski definition) is 1. The maximum Gasteiger partial charge on any atom is 0.317 e. The fraction of sp³-hybridized carbons (Fsp3) is 0.714. The van der Waals surface area contributed by atoms with Crippen LogP contribution in [0.25, 0.3) is 0 Å². The lowest BCUT2D eigenvalue weighted by Crippen LogP contribution is -2.47. The Hall–Kier alpha value is -1.82. The smallest absolute Gasteiger partial charge is 0.317 e. The largest absolute Gasteiger partial charge is 0.489 e. The number of carbonyl (C=O) groups is 1. The van der Waals surface area contributed by atoms with Gasteiger partial charge in [-0.25, -0.2) is 4.79 Å². The van der Waals surface area contributed by atoms with E-state index in [2.05, 4.69) is 15.2 Å². The number of piperidine rings is 1. The van der Waals surface area contributed by atoms with E-state index in [1.54, 1.807) is 12.4 Å². The average Bonchev–Trinajstić information content (AvgIpc) is 3.39. The molecule has 0 unspecified atom stereocenters. The van der Waals surface area contributed by atoms with Crippen LogP contribution in [-0.4, -0.2) is 65.7 Å². The van der Waals surface area contributed by atoms with Gasteiger partial charge in [0.05, 0.1) is 6.20 Å². The molecule has 1 aliphatic carbocycles. The Morgan fingerprint density at radius 1 is 1.15 bits per heavy atom. The van der Waals surface area contributed by atoms with Crippen molar-refractivity contribution in [2.45, 2.75) is 57.1 Å². The van der Waals surface area contributed by atoms with Crippen LogP contribution in [-0.2, 0) is 0 Å². The van der Waals surface area contributed by atoms with Crippen LogP contribution in [0.1, 0.15) is 44.9 Å². The number of ether oxygens (including phenoxy) is 1. The molecule has 3 aliphatic rings. The summed E-state index contributed by atoms with van der Waals surface area (Å²) < 4.78 is 5.96. The maximum absolute atomic E-state index is 12.5. The number of carbonyl (C=O) groups excluding carboxylic acids is 1. The minimum Gasteiger partial charge on any atom is -0.489 e. The molecule has 1 aromatic rings. The molecule has 1 aromatic heterocycles. The molecule has 27 heavy (non-hydrogen) atoms. The summed E-state index contributed by atoms with van der Waals surface area (Å²) in [5.74, 6) is 1.43. The van der Waals surface area contributed by atoms with Gasteiger partial charge in [0.2, 0.25) is 0 Å². The van der Waals surface area contributed by atoms with E-state index in [-0.39, 0.29) is 12.1 Å². The first-order valence-electron chi connectivity index (χ1n) is 10.6. The van der Waals surface area contributed by atoms with Gasteiger partial charge in [-0.1, -0.05) is 12.8 Å². The third-order valence-electron chi connectivity index (χ3n) is 6.37. The summed E-state index contributed by atoms with van der Waals surface area (Å²) >= 11 is 0. The van der Waals surface area contributed by atoms with E-state index in [1.807, 2.05) is 17.0 Å². The second-order valence-corrected chi connectivity index (χ2v) is 8.27. The first-order chi connectivity index (χ1) is 13.3. The van der Waals surface area contributed by atoms with Gasteiger partial charge >= 0.3 is 6.03 Å². The first-order valence-corrected chi connectivity index (χ1v) is 10.6. The molecular weight excluding hydrogens is 340 g/mol. The van der Waals surface area contributed by atoms with Crippen LogP contribution in [0.15, 0.2) is 24.5 Å². The number of pyridine rings is 1. The fourth-order valence-corrected chi connectivity index (χ4v) is 4.76. The highest BCUT2D eigenvalue weighted by Gasteiger charge is 2.30. The van der Waals surface area contributed by atoms with Gasteiger partial charge in [0.25, 0.3) is 0 Å². The van der Waals surface area contributed by atoms with Gasteiger partial charge in [-0.2, -0.15) is 0 Å². The van der Waals surface area contributed by atoms with E-state index in [0.29, 0.717) is 5.92 Å². The minimum absolute atomic E-state index is 0.0918. The molecule has 6 heteroatoms. The van der Waals surface area contributed by atoms with Gasteiger partial charge in [0, 0.05) is 51.3 Å². The molecule has 4 rings (SSSR count). The van der Waals surface area contributed by atoms with Crippen LogP contribution in [0.3, 0.4) is 0 Å². The van der Waals surface area contributed by atoms with E-state index < -0.39 is 0 Å². The lowest BCUT2D eigenvalue weighted by Gasteiger charge is -2.32. The van der Waals surface area contributed by atoms with Gasteiger partial charge in [-0.3, -0.25) is 4.98 Å². The molecule has 2 saturated heterocycles. The third kappa shape index (κ3) is 4.92. The van der Waals surface area contributed by atoms with Crippen molar-refractivity contribution in [1.82, 2.24) is 20.1 Å². The second-order valence-electron chi connectivity index (χ2n) is 8.27. The molecule has 1 atom stereocenters. The van der Waals surface area contributed by atoms with Gasteiger partial charge < -0.3 is 19.9 Å². The highest BCUT2D eigenvalue weighted by Crippen LogP contribution is 2.28. The van der Waals surface area contributed by atoms with E-state index >= 15 is 0 Å². The molecule has 2 amide bonds. The summed E-state index contributed by atoms with van der Waals surface area (Å²) in [6.07, 6.45) is 12.2. The van der Waals surface area contributed by atoms with Crippen LogP contribution < -0.4 is 10.1 Å². The van der Waals surface area contributed by atoms with Gasteiger partial charge in [-0.15, -0.1) is 0 Å². The Bertz CT molecular complexity index is 597. The number of nitrogens with one attached hydrogen (secondary N) is 1. The molecule has 1 N–H and O–H groups in total. The number of nitrogens with zero attached hydrogens (tertiary/aromatic N) is 3. The lowest BCUT2D eigenvalue weighted by molar-refractivity contribution is 0.110. The third-order valence-corrected chi connectivity index (χ3v) is 6.37. The summed E-state index contributed by atoms with van der Waals surface area (Å²) in [4.78, 5) is 21.2. The zero-order valence-corrected chi connectivity index (χ0v) is 16.2. The van der Waals surface area contributed by atoms with Crippen molar-refractivity contribution in [2.75, 3.05) is 32.7 Å². The van der Waals surface area contributed by atoms with E-state index in [0.717, 1.165) is 50.8 Å². The number of hydrogen-bond acceptors (Lipinski definition) is 4. The predicted molar refractivity (Wildman–Crippen MR) is 105 cm³/mol. The highest BCUT2D eigenvalue weighted by atomic mass is 16.5. The zero-order chi connectivity index (χ0) is 18.5. The van der Waals surface area contributed by atoms with Crippen molar-refractivity contribution < 1.29 is 9.53 Å². The molecule has 0 bridgehead atoms. The number of rotatable bonds is 5. The number of aromatic nitrogens is 1. The Morgan fingerprint density at radius 2 is 1.96 bits per heavy atom. The zero-order valence-electron chi connectivity index (χ0n) is 16.2. The standard InChI is InChI=1S/C21H32N4O2/c26-21(23-14-17-7-11-25(16-17)18-4-1-2-5-18)24-12-8-19(9-13-24)27-20-6-3-10-22-15-20/h3,6,10,15,17-19H,1-2,4-5,7-9,11-14,16H2,(H,23,26)/t17-/m1/s1. The van der Waals surface area contributed by atoms with E-state index in [9.17, 15) is 4.79 Å². The Kier molecular flexibility index (Phi) is 6.12. The Labute approximate surface area is 162 Å². The second kappa shape index (κ2) is 8.91. The van der Waals surface area contributed by atoms with Crippen molar-refractivity contribution in [3.63, 3.8) is 0 Å². The molecule has 3 heterocycles. The molecule has 3 fully saturated rings. The minimum atomic E-state index is 0.0918. The molecule has 148 valence electrons. The highest BCUT2D eigenvalue weighted by molar-refractivity contribution is 5.74. The van der Waals surface area contributed by atoms with E-state index in [1.165, 1.54) is 38.6 Å². The molecule has 0 aromatic carbocycles. The summed E-state index contributed by atoms with van der Waals surface area (Å²) in [5.41, 5.74) is 0. The van der Waals surface area contributed by atoms with Crippen LogP contribution in [0.4, 0.5) is 4.79 Å². The number of likely N-dealkylation sites (tertiary alicyclic amines) is 2.